The summed E-state index contributed by atoms with van der Waals surface area (Å²) >= 11 is 0. The van der Waals surface area contributed by atoms with Gasteiger partial charge in [-0.2, -0.15) is 0 Å². The maximum absolute atomic E-state index is 12.1. The van der Waals surface area contributed by atoms with Gasteiger partial charge in [0.15, 0.2) is 12.1 Å². The van der Waals surface area contributed by atoms with Gasteiger partial charge < -0.3 is 29.6 Å². The van der Waals surface area contributed by atoms with E-state index in [0.717, 1.165) is 12.8 Å². The van der Waals surface area contributed by atoms with Gasteiger partial charge in [-0.25, -0.2) is 0 Å². The van der Waals surface area contributed by atoms with Gasteiger partial charge in [0.1, 0.15) is 24.4 Å². The maximum atomic E-state index is 12.1. The highest BCUT2D eigenvalue weighted by Gasteiger charge is 2.57. The van der Waals surface area contributed by atoms with Gasteiger partial charge in [0.2, 0.25) is 5.91 Å². The lowest BCUT2D eigenvalue weighted by Crippen LogP contribution is -2.65. The molecule has 7 nitrogen and oxygen atoms in total. The lowest BCUT2D eigenvalue weighted by molar-refractivity contribution is -0.262. The van der Waals surface area contributed by atoms with E-state index >= 15 is 0 Å². The molecule has 0 bridgehead atoms. The molecule has 0 saturated carbocycles. The number of nitrogens with two attached hydrogens (primary N) is 1. The summed E-state index contributed by atoms with van der Waals surface area (Å²) in [4.78, 5) is 13.9. The van der Waals surface area contributed by atoms with Crippen LogP contribution in [-0.4, -0.2) is 66.9 Å². The van der Waals surface area contributed by atoms with Gasteiger partial charge in [-0.15, -0.1) is 0 Å². The fourth-order valence-corrected chi connectivity index (χ4v) is 3.61. The Labute approximate surface area is 131 Å². The van der Waals surface area contributed by atoms with Gasteiger partial charge >= 0.3 is 0 Å². The second-order valence-corrected chi connectivity index (χ2v) is 6.62. The molecule has 3 heterocycles. The van der Waals surface area contributed by atoms with E-state index in [0.29, 0.717) is 19.7 Å². The number of ether oxygens (including phenoxy) is 4. The standard InChI is InChI=1S/C15H26N2O5/c1-9(18)17-6-4-5-7-19-14-11(17)13-12(10(8-16)20-14)21-15(2,3)22-13/h10-14H,4-8,16H2,1-3H3/t10-,11-,12+,13-,14+/m1/s1. The molecule has 2 N–H and O–H groups in total. The summed E-state index contributed by atoms with van der Waals surface area (Å²) in [5.41, 5.74) is 5.84. The Bertz CT molecular complexity index is 430. The van der Waals surface area contributed by atoms with Crippen LogP contribution >= 0.6 is 0 Å². The number of amides is 1. The predicted octanol–water partition coefficient (Wildman–Crippen LogP) is 0.218. The van der Waals surface area contributed by atoms with E-state index in [1.807, 2.05) is 13.8 Å². The summed E-state index contributed by atoms with van der Waals surface area (Å²) in [6, 6.07) is -0.299. The third kappa shape index (κ3) is 2.88. The van der Waals surface area contributed by atoms with Crippen molar-refractivity contribution < 1.29 is 23.7 Å². The minimum Gasteiger partial charge on any atom is -0.350 e. The third-order valence-corrected chi connectivity index (χ3v) is 4.53. The van der Waals surface area contributed by atoms with Gasteiger partial charge in [0, 0.05) is 26.6 Å². The first-order valence-electron chi connectivity index (χ1n) is 8.03. The van der Waals surface area contributed by atoms with Crippen molar-refractivity contribution in [1.29, 1.82) is 0 Å². The van der Waals surface area contributed by atoms with Crippen molar-refractivity contribution >= 4 is 5.91 Å². The second-order valence-electron chi connectivity index (χ2n) is 6.62. The smallest absolute Gasteiger partial charge is 0.219 e. The Hall–Kier alpha value is -0.730. The molecular weight excluding hydrogens is 288 g/mol. The zero-order valence-electron chi connectivity index (χ0n) is 13.5. The highest BCUT2D eigenvalue weighted by atomic mass is 16.8. The van der Waals surface area contributed by atoms with E-state index in [4.69, 9.17) is 24.7 Å². The van der Waals surface area contributed by atoms with Gasteiger partial charge in [-0.1, -0.05) is 0 Å². The van der Waals surface area contributed by atoms with Gasteiger partial charge in [0.25, 0.3) is 0 Å². The number of hydrogen-bond acceptors (Lipinski definition) is 6. The first-order chi connectivity index (χ1) is 10.4. The van der Waals surface area contributed by atoms with E-state index in [-0.39, 0.29) is 30.3 Å². The molecule has 1 amide bonds. The molecule has 0 aromatic rings. The van der Waals surface area contributed by atoms with E-state index in [1.165, 1.54) is 0 Å². The number of carbonyl (C=O) groups excluding carboxylic acids is 1. The van der Waals surface area contributed by atoms with E-state index < -0.39 is 12.1 Å². The van der Waals surface area contributed by atoms with Crippen molar-refractivity contribution in [2.45, 2.75) is 70.0 Å². The summed E-state index contributed by atoms with van der Waals surface area (Å²) < 4.78 is 24.0. The van der Waals surface area contributed by atoms with Crippen LogP contribution in [0, 0.1) is 0 Å². The van der Waals surface area contributed by atoms with E-state index in [9.17, 15) is 4.79 Å². The van der Waals surface area contributed by atoms with Gasteiger partial charge in [-0.3, -0.25) is 4.79 Å². The second kappa shape index (κ2) is 6.05. The zero-order valence-corrected chi connectivity index (χ0v) is 13.5. The van der Waals surface area contributed by atoms with Crippen molar-refractivity contribution in [3.63, 3.8) is 0 Å². The summed E-state index contributed by atoms with van der Waals surface area (Å²) in [6.07, 6.45) is 0.430. The number of carbonyl (C=O) groups is 1. The number of fused-ring (bicyclic) bond motifs is 3. The minimum atomic E-state index is -0.716. The fourth-order valence-electron chi connectivity index (χ4n) is 3.61. The molecule has 3 aliphatic rings. The van der Waals surface area contributed by atoms with Gasteiger partial charge in [-0.05, 0) is 26.7 Å². The van der Waals surface area contributed by atoms with Crippen LogP contribution in [0.4, 0.5) is 0 Å². The molecule has 7 heteroatoms. The molecule has 126 valence electrons. The predicted molar refractivity (Wildman–Crippen MR) is 77.9 cm³/mol. The van der Waals surface area contributed by atoms with E-state index in [1.54, 1.807) is 11.8 Å². The zero-order chi connectivity index (χ0) is 15.9. The van der Waals surface area contributed by atoms with Gasteiger partial charge in [0.05, 0.1) is 0 Å². The highest BCUT2D eigenvalue weighted by Crippen LogP contribution is 2.40. The van der Waals surface area contributed by atoms with Crippen molar-refractivity contribution in [2.24, 2.45) is 5.73 Å². The normalized spacial score (nSPS) is 41.3. The van der Waals surface area contributed by atoms with Crippen LogP contribution in [0.1, 0.15) is 33.6 Å². The lowest BCUT2D eigenvalue weighted by atomic mass is 9.94. The summed E-state index contributed by atoms with van der Waals surface area (Å²) in [6.45, 7) is 6.94. The van der Waals surface area contributed by atoms with Crippen LogP contribution in [-0.2, 0) is 23.7 Å². The quantitative estimate of drug-likeness (QED) is 0.745. The first kappa shape index (κ1) is 16.1. The van der Waals surface area contributed by atoms with Crippen molar-refractivity contribution in [3.8, 4) is 0 Å². The molecule has 3 saturated heterocycles. The van der Waals surface area contributed by atoms with Crippen molar-refractivity contribution in [2.75, 3.05) is 19.7 Å². The average Bonchev–Trinajstić information content (AvgIpc) is 2.73. The van der Waals surface area contributed by atoms with Crippen LogP contribution in [0.15, 0.2) is 0 Å². The summed E-state index contributed by atoms with van der Waals surface area (Å²) in [5, 5.41) is 0. The summed E-state index contributed by atoms with van der Waals surface area (Å²) in [7, 11) is 0. The number of rotatable bonds is 1. The minimum absolute atomic E-state index is 0.00218. The molecule has 3 fully saturated rings. The Balaban J connectivity index is 1.93. The molecule has 0 radical (unpaired) electrons. The number of nitrogens with zero attached hydrogens (tertiary/aromatic N) is 1. The molecule has 0 aromatic carbocycles. The average molecular weight is 314 g/mol. The molecule has 0 spiro atoms. The van der Waals surface area contributed by atoms with Crippen molar-refractivity contribution in [3.05, 3.63) is 0 Å². The Morgan fingerprint density at radius 1 is 1.27 bits per heavy atom. The van der Waals surface area contributed by atoms with E-state index in [2.05, 4.69) is 0 Å². The Morgan fingerprint density at radius 2 is 2.00 bits per heavy atom. The lowest BCUT2D eigenvalue weighted by Gasteiger charge is -2.47. The fraction of sp³-hybridized carbons (Fsp3) is 0.933. The van der Waals surface area contributed by atoms with Crippen LogP contribution in [0.5, 0.6) is 0 Å². The van der Waals surface area contributed by atoms with Crippen LogP contribution in [0.3, 0.4) is 0 Å². The number of hydrogen-bond donors (Lipinski definition) is 1. The van der Waals surface area contributed by atoms with Crippen LogP contribution < -0.4 is 5.73 Å². The highest BCUT2D eigenvalue weighted by molar-refractivity contribution is 5.73. The molecule has 22 heavy (non-hydrogen) atoms. The molecule has 3 rings (SSSR count). The summed E-state index contributed by atoms with van der Waals surface area (Å²) in [5.74, 6) is -0.714. The Morgan fingerprint density at radius 3 is 2.68 bits per heavy atom. The molecule has 5 atom stereocenters. The third-order valence-electron chi connectivity index (χ3n) is 4.53. The molecule has 0 aliphatic carbocycles. The van der Waals surface area contributed by atoms with Crippen LogP contribution in [0.25, 0.3) is 0 Å². The largest absolute Gasteiger partial charge is 0.350 e. The molecular formula is C15H26N2O5. The van der Waals surface area contributed by atoms with Crippen LogP contribution in [0.2, 0.25) is 0 Å². The monoisotopic (exact) mass is 314 g/mol. The molecule has 3 aliphatic heterocycles. The maximum Gasteiger partial charge on any atom is 0.219 e. The Kier molecular flexibility index (Phi) is 4.44. The molecule has 0 aromatic heterocycles. The SMILES string of the molecule is CC(=O)N1CCCCO[C@H]2O[C@H](CN)[C@@H]3OC(C)(C)O[C@@H]3[C@H]21. The van der Waals surface area contributed by atoms with Crippen molar-refractivity contribution in [1.82, 2.24) is 4.90 Å². The first-order valence-corrected chi connectivity index (χ1v) is 8.03. The molecule has 0 unspecified atom stereocenters. The topological polar surface area (TPSA) is 83.3 Å².